The van der Waals surface area contributed by atoms with Crippen LogP contribution in [0.15, 0.2) is 24.5 Å². The van der Waals surface area contributed by atoms with E-state index in [1.54, 1.807) is 12.4 Å². The second-order valence-corrected chi connectivity index (χ2v) is 5.63. The van der Waals surface area contributed by atoms with Gasteiger partial charge in [0.2, 0.25) is 0 Å². The second kappa shape index (κ2) is 6.54. The van der Waals surface area contributed by atoms with Gasteiger partial charge in [0.05, 0.1) is 16.1 Å². The number of rotatable bonds is 5. The van der Waals surface area contributed by atoms with Gasteiger partial charge in [0.1, 0.15) is 12.2 Å². The molecule has 0 radical (unpaired) electrons. The minimum Gasteiger partial charge on any atom is -0.271 e. The Morgan fingerprint density at radius 1 is 1.30 bits per heavy atom. The van der Waals surface area contributed by atoms with Crippen molar-refractivity contribution in [1.29, 1.82) is 0 Å². The predicted octanol–water partition coefficient (Wildman–Crippen LogP) is 2.91. The molecule has 0 aliphatic carbocycles. The van der Waals surface area contributed by atoms with Gasteiger partial charge in [-0.3, -0.25) is 11.3 Å². The Hall–Kier alpha value is -1.14. The lowest BCUT2D eigenvalue weighted by atomic mass is 10.0. The number of nitrogens with one attached hydrogen (secondary N) is 1. The summed E-state index contributed by atoms with van der Waals surface area (Å²) in [6, 6.07) is 5.61. The van der Waals surface area contributed by atoms with E-state index in [-0.39, 0.29) is 12.1 Å². The SMILES string of the molecule is CC(C)n1ncnc1CC(NN)c1ccc(Cl)c(Cl)c1. The van der Waals surface area contributed by atoms with Gasteiger partial charge in [0, 0.05) is 12.5 Å². The van der Waals surface area contributed by atoms with Crippen LogP contribution in [0.3, 0.4) is 0 Å². The molecule has 0 saturated carbocycles. The third kappa shape index (κ3) is 3.30. The molecule has 2 aromatic rings. The number of hydrogen-bond acceptors (Lipinski definition) is 4. The third-order valence-electron chi connectivity index (χ3n) is 3.07. The lowest BCUT2D eigenvalue weighted by Crippen LogP contribution is -2.30. The largest absolute Gasteiger partial charge is 0.271 e. The Kier molecular flexibility index (Phi) is 4.99. The number of nitrogens with two attached hydrogens (primary N) is 1. The van der Waals surface area contributed by atoms with Crippen LogP contribution in [0.2, 0.25) is 10.0 Å². The summed E-state index contributed by atoms with van der Waals surface area (Å²) in [7, 11) is 0. The Bertz CT molecular complexity index is 582. The van der Waals surface area contributed by atoms with Crippen LogP contribution in [0.1, 0.15) is 37.3 Å². The van der Waals surface area contributed by atoms with Crippen molar-refractivity contribution in [2.45, 2.75) is 32.4 Å². The summed E-state index contributed by atoms with van der Waals surface area (Å²) in [5.41, 5.74) is 3.75. The number of hydrazine groups is 1. The molecule has 0 amide bonds. The molecule has 0 saturated heterocycles. The first kappa shape index (κ1) is 15.3. The Morgan fingerprint density at radius 2 is 2.05 bits per heavy atom. The molecule has 20 heavy (non-hydrogen) atoms. The summed E-state index contributed by atoms with van der Waals surface area (Å²) >= 11 is 12.0. The monoisotopic (exact) mass is 313 g/mol. The zero-order chi connectivity index (χ0) is 14.7. The van der Waals surface area contributed by atoms with E-state index in [0.29, 0.717) is 16.5 Å². The molecule has 0 spiro atoms. The molecule has 7 heteroatoms. The zero-order valence-electron chi connectivity index (χ0n) is 11.3. The Balaban J connectivity index is 2.24. The summed E-state index contributed by atoms with van der Waals surface area (Å²) < 4.78 is 1.88. The summed E-state index contributed by atoms with van der Waals surface area (Å²) in [5.74, 6) is 6.52. The van der Waals surface area contributed by atoms with E-state index >= 15 is 0 Å². The van der Waals surface area contributed by atoms with E-state index in [0.717, 1.165) is 11.4 Å². The van der Waals surface area contributed by atoms with Crippen LogP contribution in [-0.4, -0.2) is 14.8 Å². The van der Waals surface area contributed by atoms with Gasteiger partial charge < -0.3 is 0 Å². The highest BCUT2D eigenvalue weighted by atomic mass is 35.5. The van der Waals surface area contributed by atoms with Crippen LogP contribution in [0.4, 0.5) is 0 Å². The van der Waals surface area contributed by atoms with Crippen molar-refractivity contribution < 1.29 is 0 Å². The number of hydrogen-bond donors (Lipinski definition) is 2. The molecular weight excluding hydrogens is 297 g/mol. The molecule has 0 fully saturated rings. The number of nitrogens with zero attached hydrogens (tertiary/aromatic N) is 3. The van der Waals surface area contributed by atoms with Gasteiger partial charge in [0.15, 0.2) is 0 Å². The highest BCUT2D eigenvalue weighted by molar-refractivity contribution is 6.42. The average Bonchev–Trinajstić information content (AvgIpc) is 2.87. The van der Waals surface area contributed by atoms with Gasteiger partial charge in [-0.05, 0) is 31.5 Å². The van der Waals surface area contributed by atoms with Crippen molar-refractivity contribution in [2.24, 2.45) is 5.84 Å². The van der Waals surface area contributed by atoms with Gasteiger partial charge in [0.25, 0.3) is 0 Å². The first-order valence-corrected chi connectivity index (χ1v) is 7.08. The minimum absolute atomic E-state index is 0.105. The van der Waals surface area contributed by atoms with Gasteiger partial charge in [-0.1, -0.05) is 29.3 Å². The maximum absolute atomic E-state index is 6.04. The molecule has 0 aliphatic rings. The molecule has 0 aliphatic heterocycles. The smallest absolute Gasteiger partial charge is 0.138 e. The van der Waals surface area contributed by atoms with E-state index in [1.165, 1.54) is 0 Å². The Labute approximate surface area is 128 Å². The van der Waals surface area contributed by atoms with E-state index in [1.807, 2.05) is 16.8 Å². The van der Waals surface area contributed by atoms with Crippen molar-refractivity contribution in [3.8, 4) is 0 Å². The molecule has 2 rings (SSSR count). The van der Waals surface area contributed by atoms with Crippen LogP contribution in [0.5, 0.6) is 0 Å². The normalized spacial score (nSPS) is 12.9. The molecule has 108 valence electrons. The molecule has 1 unspecified atom stereocenters. The fraction of sp³-hybridized carbons (Fsp3) is 0.385. The van der Waals surface area contributed by atoms with Crippen molar-refractivity contribution in [2.75, 3.05) is 0 Å². The van der Waals surface area contributed by atoms with Gasteiger partial charge >= 0.3 is 0 Å². The quantitative estimate of drug-likeness (QED) is 0.658. The van der Waals surface area contributed by atoms with Gasteiger partial charge in [-0.15, -0.1) is 0 Å². The molecule has 5 nitrogen and oxygen atoms in total. The summed E-state index contributed by atoms with van der Waals surface area (Å²) in [4.78, 5) is 4.29. The van der Waals surface area contributed by atoms with Crippen LogP contribution >= 0.6 is 23.2 Å². The van der Waals surface area contributed by atoms with Crippen LogP contribution in [0, 0.1) is 0 Å². The lowest BCUT2D eigenvalue weighted by Gasteiger charge is -2.18. The third-order valence-corrected chi connectivity index (χ3v) is 3.81. The molecule has 1 atom stereocenters. The summed E-state index contributed by atoms with van der Waals surface area (Å²) in [5, 5.41) is 5.25. The first-order valence-electron chi connectivity index (χ1n) is 6.32. The van der Waals surface area contributed by atoms with Crippen LogP contribution < -0.4 is 11.3 Å². The van der Waals surface area contributed by atoms with E-state index in [2.05, 4.69) is 29.4 Å². The van der Waals surface area contributed by atoms with E-state index in [4.69, 9.17) is 29.0 Å². The lowest BCUT2D eigenvalue weighted by molar-refractivity contribution is 0.468. The highest BCUT2D eigenvalue weighted by Crippen LogP contribution is 2.26. The summed E-state index contributed by atoms with van der Waals surface area (Å²) in [6.07, 6.45) is 2.17. The zero-order valence-corrected chi connectivity index (χ0v) is 12.9. The average molecular weight is 314 g/mol. The second-order valence-electron chi connectivity index (χ2n) is 4.81. The molecular formula is C13H17Cl2N5. The molecule has 1 aromatic heterocycles. The molecule has 3 N–H and O–H groups in total. The maximum atomic E-state index is 6.04. The molecule has 1 aromatic carbocycles. The van der Waals surface area contributed by atoms with E-state index < -0.39 is 0 Å². The van der Waals surface area contributed by atoms with Crippen molar-refractivity contribution in [1.82, 2.24) is 20.2 Å². The van der Waals surface area contributed by atoms with Crippen molar-refractivity contribution >= 4 is 23.2 Å². The number of halogens is 2. The minimum atomic E-state index is -0.105. The fourth-order valence-electron chi connectivity index (χ4n) is 2.04. The Morgan fingerprint density at radius 3 is 2.65 bits per heavy atom. The van der Waals surface area contributed by atoms with Crippen molar-refractivity contribution in [3.63, 3.8) is 0 Å². The molecule has 1 heterocycles. The highest BCUT2D eigenvalue weighted by Gasteiger charge is 2.16. The van der Waals surface area contributed by atoms with E-state index in [9.17, 15) is 0 Å². The topological polar surface area (TPSA) is 68.8 Å². The standard InChI is InChI=1S/C13H17Cl2N5/c1-8(2)20-13(17-7-18-20)6-12(19-16)9-3-4-10(14)11(15)5-9/h3-5,7-8,12,19H,6,16H2,1-2H3. The fourth-order valence-corrected chi connectivity index (χ4v) is 2.34. The van der Waals surface area contributed by atoms with Gasteiger partial charge in [-0.25, -0.2) is 9.67 Å². The summed E-state index contributed by atoms with van der Waals surface area (Å²) in [6.45, 7) is 4.12. The number of benzene rings is 1. The number of aromatic nitrogens is 3. The molecule has 0 bridgehead atoms. The van der Waals surface area contributed by atoms with Crippen LogP contribution in [-0.2, 0) is 6.42 Å². The first-order chi connectivity index (χ1) is 9.52. The maximum Gasteiger partial charge on any atom is 0.138 e. The predicted molar refractivity (Wildman–Crippen MR) is 80.6 cm³/mol. The van der Waals surface area contributed by atoms with Crippen LogP contribution in [0.25, 0.3) is 0 Å². The van der Waals surface area contributed by atoms with Gasteiger partial charge in [-0.2, -0.15) is 5.10 Å². The van der Waals surface area contributed by atoms with Crippen molar-refractivity contribution in [3.05, 3.63) is 46.0 Å².